The van der Waals surface area contributed by atoms with Crippen LogP contribution in [0.4, 0.5) is 5.00 Å². The normalized spacial score (nSPS) is 15.4. The lowest BCUT2D eigenvalue weighted by molar-refractivity contribution is -0.117. The molecule has 1 aliphatic heterocycles. The van der Waals surface area contributed by atoms with Crippen molar-refractivity contribution in [3.05, 3.63) is 81.2 Å². The predicted molar refractivity (Wildman–Crippen MR) is 132 cm³/mol. The molecule has 2 heterocycles. The predicted octanol–water partition coefficient (Wildman–Crippen LogP) is 5.01. The Balaban J connectivity index is 1.60. The molecule has 0 unspecified atom stereocenters. The first-order valence-electron chi connectivity index (χ1n) is 11.3. The van der Waals surface area contributed by atoms with E-state index in [9.17, 15) is 9.59 Å². The molecule has 0 saturated carbocycles. The van der Waals surface area contributed by atoms with E-state index in [-0.39, 0.29) is 24.8 Å². The second kappa shape index (κ2) is 8.94. The lowest BCUT2D eigenvalue weighted by Crippen LogP contribution is -2.36. The third kappa shape index (κ3) is 4.00. The van der Waals surface area contributed by atoms with Crippen molar-refractivity contribution < 1.29 is 14.3 Å². The lowest BCUT2D eigenvalue weighted by atomic mass is 9.90. The summed E-state index contributed by atoms with van der Waals surface area (Å²) in [6.45, 7) is 2.10. The van der Waals surface area contributed by atoms with Crippen LogP contribution in [0.3, 0.4) is 0 Å². The fourth-order valence-corrected chi connectivity index (χ4v) is 6.07. The fourth-order valence-electron chi connectivity index (χ4n) is 4.66. The number of hydrogen-bond donors (Lipinski definition) is 0. The van der Waals surface area contributed by atoms with Crippen molar-refractivity contribution in [3.63, 3.8) is 0 Å². The van der Waals surface area contributed by atoms with Crippen molar-refractivity contribution in [1.29, 1.82) is 0 Å². The van der Waals surface area contributed by atoms with Gasteiger partial charge in [-0.05, 0) is 55.9 Å². The van der Waals surface area contributed by atoms with Gasteiger partial charge >= 0.3 is 0 Å². The van der Waals surface area contributed by atoms with Crippen molar-refractivity contribution in [1.82, 2.24) is 0 Å². The molecule has 0 saturated heterocycles. The number of carbonyl (C=O) groups excluding carboxylic acids is 2. The summed E-state index contributed by atoms with van der Waals surface area (Å²) in [5.74, 6) is 0.370. The zero-order chi connectivity index (χ0) is 22.9. The maximum Gasteiger partial charge on any atom is 0.249 e. The molecular formula is C27H26N2O3S. The summed E-state index contributed by atoms with van der Waals surface area (Å²) >= 11 is 1.66. The number of amides is 1. The van der Waals surface area contributed by atoms with Gasteiger partial charge in [-0.2, -0.15) is 0 Å². The van der Waals surface area contributed by atoms with E-state index in [1.54, 1.807) is 41.5 Å². The van der Waals surface area contributed by atoms with Crippen LogP contribution < -0.4 is 9.64 Å². The molecule has 1 aliphatic carbocycles. The highest BCUT2D eigenvalue weighted by Crippen LogP contribution is 2.43. The van der Waals surface area contributed by atoms with Crippen LogP contribution in [0.5, 0.6) is 5.75 Å². The molecule has 2 aromatic carbocycles. The number of ether oxygens (including phenoxy) is 1. The SMILES string of the molecule is COc1cccc(C(=O)CN2C(=O)CN=C(c3ccccc3C)c3c2sc2c3CCCC2)c1. The number of rotatable bonds is 5. The molecule has 0 bridgehead atoms. The third-order valence-corrected chi connectivity index (χ3v) is 7.72. The van der Waals surface area contributed by atoms with Gasteiger partial charge in [0.05, 0.1) is 19.4 Å². The van der Waals surface area contributed by atoms with E-state index >= 15 is 0 Å². The summed E-state index contributed by atoms with van der Waals surface area (Å²) in [6, 6.07) is 15.3. The second-order valence-corrected chi connectivity index (χ2v) is 9.59. The molecule has 0 N–H and O–H groups in total. The quantitative estimate of drug-likeness (QED) is 0.505. The lowest BCUT2D eigenvalue weighted by Gasteiger charge is -2.20. The number of fused-ring (bicyclic) bond motifs is 3. The molecular weight excluding hydrogens is 432 g/mol. The van der Waals surface area contributed by atoms with Crippen LogP contribution in [0.2, 0.25) is 0 Å². The van der Waals surface area contributed by atoms with Gasteiger partial charge in [0.1, 0.15) is 17.3 Å². The highest BCUT2D eigenvalue weighted by atomic mass is 32.1. The second-order valence-electron chi connectivity index (χ2n) is 8.51. The zero-order valence-corrected chi connectivity index (χ0v) is 19.7. The van der Waals surface area contributed by atoms with Gasteiger partial charge in [0.2, 0.25) is 5.91 Å². The number of ketones is 1. The Morgan fingerprint density at radius 1 is 1.12 bits per heavy atom. The number of nitrogens with zero attached hydrogens (tertiary/aromatic N) is 2. The van der Waals surface area contributed by atoms with Gasteiger partial charge < -0.3 is 4.74 Å². The van der Waals surface area contributed by atoms with Crippen molar-refractivity contribution in [3.8, 4) is 5.75 Å². The summed E-state index contributed by atoms with van der Waals surface area (Å²) in [5, 5.41) is 0.864. The maximum absolute atomic E-state index is 13.3. The van der Waals surface area contributed by atoms with Crippen LogP contribution >= 0.6 is 11.3 Å². The van der Waals surface area contributed by atoms with Gasteiger partial charge in [0, 0.05) is 21.6 Å². The first-order chi connectivity index (χ1) is 16.1. The minimum atomic E-state index is -0.144. The van der Waals surface area contributed by atoms with E-state index in [0.717, 1.165) is 53.1 Å². The molecule has 0 spiro atoms. The van der Waals surface area contributed by atoms with Crippen LogP contribution in [-0.2, 0) is 17.6 Å². The summed E-state index contributed by atoms with van der Waals surface area (Å²) in [5.41, 5.74) is 5.96. The Morgan fingerprint density at radius 2 is 1.94 bits per heavy atom. The van der Waals surface area contributed by atoms with Crippen molar-refractivity contribution >= 4 is 33.7 Å². The molecule has 0 atom stereocenters. The van der Waals surface area contributed by atoms with Crippen LogP contribution in [0.15, 0.2) is 53.5 Å². The zero-order valence-electron chi connectivity index (χ0n) is 18.9. The molecule has 1 aromatic heterocycles. The first kappa shape index (κ1) is 21.6. The number of carbonyl (C=O) groups is 2. The number of benzene rings is 2. The Hall–Kier alpha value is -3.25. The largest absolute Gasteiger partial charge is 0.497 e. The summed E-state index contributed by atoms with van der Waals surface area (Å²) in [7, 11) is 1.58. The van der Waals surface area contributed by atoms with Gasteiger partial charge in [0.15, 0.2) is 5.78 Å². The van der Waals surface area contributed by atoms with Crippen molar-refractivity contribution in [2.24, 2.45) is 4.99 Å². The number of hydrogen-bond acceptors (Lipinski definition) is 5. The van der Waals surface area contributed by atoms with Crippen LogP contribution in [-0.4, -0.2) is 37.6 Å². The number of aryl methyl sites for hydroxylation is 2. The average molecular weight is 459 g/mol. The molecule has 0 radical (unpaired) electrons. The van der Waals surface area contributed by atoms with E-state index in [4.69, 9.17) is 9.73 Å². The highest BCUT2D eigenvalue weighted by molar-refractivity contribution is 7.17. The van der Waals surface area contributed by atoms with Gasteiger partial charge in [-0.25, -0.2) is 0 Å². The number of aliphatic imine (C=N–C) groups is 1. The number of Topliss-reactive ketones (excluding diaryl/α,β-unsaturated/α-hetero) is 1. The van der Waals surface area contributed by atoms with Gasteiger partial charge in [-0.15, -0.1) is 11.3 Å². The molecule has 2 aliphatic rings. The molecule has 5 rings (SSSR count). The minimum absolute atomic E-state index is 0.00499. The van der Waals surface area contributed by atoms with Crippen molar-refractivity contribution in [2.45, 2.75) is 32.6 Å². The van der Waals surface area contributed by atoms with Gasteiger partial charge in [0.25, 0.3) is 0 Å². The summed E-state index contributed by atoms with van der Waals surface area (Å²) in [4.78, 5) is 34.3. The van der Waals surface area contributed by atoms with Crippen molar-refractivity contribution in [2.75, 3.05) is 25.1 Å². The van der Waals surface area contributed by atoms with E-state index in [0.29, 0.717) is 11.3 Å². The van der Waals surface area contributed by atoms with Crippen LogP contribution in [0.25, 0.3) is 0 Å². The maximum atomic E-state index is 13.3. The monoisotopic (exact) mass is 458 g/mol. The Labute approximate surface area is 197 Å². The molecule has 6 heteroatoms. The van der Waals surface area contributed by atoms with E-state index in [1.807, 2.05) is 18.2 Å². The Morgan fingerprint density at radius 3 is 2.76 bits per heavy atom. The molecule has 33 heavy (non-hydrogen) atoms. The number of thiophene rings is 1. The molecule has 3 aromatic rings. The topological polar surface area (TPSA) is 59.0 Å². The van der Waals surface area contributed by atoms with E-state index < -0.39 is 0 Å². The molecule has 1 amide bonds. The Kier molecular flexibility index (Phi) is 5.85. The third-order valence-electron chi connectivity index (χ3n) is 6.40. The van der Waals surface area contributed by atoms with Gasteiger partial charge in [-0.3, -0.25) is 19.5 Å². The molecule has 5 nitrogen and oxygen atoms in total. The van der Waals surface area contributed by atoms with E-state index in [1.165, 1.54) is 10.4 Å². The summed E-state index contributed by atoms with van der Waals surface area (Å²) < 4.78 is 5.27. The number of methoxy groups -OCH3 is 1. The first-order valence-corrected chi connectivity index (χ1v) is 12.1. The molecule has 0 fully saturated rings. The van der Waals surface area contributed by atoms with Crippen LogP contribution in [0.1, 0.15) is 50.3 Å². The standard InChI is InChI=1S/C27H26N2O3S/c1-17-8-3-4-11-20(17)26-25-21-12-5-6-13-23(21)33-27(25)29(24(31)15-28-26)16-22(30)18-9-7-10-19(14-18)32-2/h3-4,7-11,14H,5-6,12-13,15-16H2,1-2H3. The summed E-state index contributed by atoms with van der Waals surface area (Å²) in [6.07, 6.45) is 4.28. The smallest absolute Gasteiger partial charge is 0.249 e. The van der Waals surface area contributed by atoms with Gasteiger partial charge in [-0.1, -0.05) is 36.4 Å². The fraction of sp³-hybridized carbons (Fsp3) is 0.296. The Bertz CT molecular complexity index is 1270. The average Bonchev–Trinajstić information content (AvgIpc) is 3.16. The highest BCUT2D eigenvalue weighted by Gasteiger charge is 2.33. The van der Waals surface area contributed by atoms with Crippen LogP contribution in [0, 0.1) is 6.92 Å². The molecule has 168 valence electrons. The van der Waals surface area contributed by atoms with E-state index in [2.05, 4.69) is 19.1 Å². The number of anilines is 1. The minimum Gasteiger partial charge on any atom is -0.497 e.